The lowest BCUT2D eigenvalue weighted by Crippen LogP contribution is -2.09. The van der Waals surface area contributed by atoms with Gasteiger partial charge in [-0.2, -0.15) is 0 Å². The highest BCUT2D eigenvalue weighted by Gasteiger charge is 2.15. The molecule has 4 aromatic rings. The predicted molar refractivity (Wildman–Crippen MR) is 145 cm³/mol. The Kier molecular flexibility index (Phi) is 8.63. The second kappa shape index (κ2) is 12.3. The minimum Gasteiger partial charge on any atom is -0.423 e. The Labute approximate surface area is 217 Å². The molecule has 0 spiro atoms. The van der Waals surface area contributed by atoms with Crippen LogP contribution in [0, 0.1) is 11.6 Å². The Balaban J connectivity index is 1.39. The third-order valence-corrected chi connectivity index (χ3v) is 6.44. The smallest absolute Gasteiger partial charge is 0.343 e. The average Bonchev–Trinajstić information content (AvgIpc) is 2.91. The van der Waals surface area contributed by atoms with Crippen molar-refractivity contribution in [1.82, 2.24) is 0 Å². The SMILES string of the molecule is CC=CCCc1c(F)cc(OC(=O)c2ccc(-c3ccc(C[C@@H](C)c4ccccc4)cc3)cc2)cc1F. The fourth-order valence-electron chi connectivity index (χ4n) is 4.32. The van der Waals surface area contributed by atoms with E-state index < -0.39 is 17.6 Å². The molecule has 0 aliphatic rings. The molecule has 0 aromatic heterocycles. The summed E-state index contributed by atoms with van der Waals surface area (Å²) in [6.07, 6.45) is 5.40. The van der Waals surface area contributed by atoms with Crippen molar-refractivity contribution in [3.05, 3.63) is 137 Å². The summed E-state index contributed by atoms with van der Waals surface area (Å²) in [6, 6.07) is 28.0. The molecular weight excluding hydrogens is 466 g/mol. The highest BCUT2D eigenvalue weighted by atomic mass is 19.1. The molecule has 4 rings (SSSR count). The van der Waals surface area contributed by atoms with Crippen molar-refractivity contribution in [1.29, 1.82) is 0 Å². The van der Waals surface area contributed by atoms with E-state index in [9.17, 15) is 13.6 Å². The molecule has 188 valence electrons. The van der Waals surface area contributed by atoms with Gasteiger partial charge < -0.3 is 4.74 Å². The van der Waals surface area contributed by atoms with Crippen molar-refractivity contribution in [2.45, 2.75) is 39.0 Å². The summed E-state index contributed by atoms with van der Waals surface area (Å²) < 4.78 is 34.0. The van der Waals surface area contributed by atoms with Gasteiger partial charge in [0.2, 0.25) is 0 Å². The Bertz CT molecular complexity index is 1340. The molecule has 0 aliphatic heterocycles. The van der Waals surface area contributed by atoms with Crippen molar-refractivity contribution in [3.8, 4) is 16.9 Å². The van der Waals surface area contributed by atoms with Gasteiger partial charge in [0.15, 0.2) is 0 Å². The molecule has 0 unspecified atom stereocenters. The summed E-state index contributed by atoms with van der Waals surface area (Å²) in [4.78, 5) is 12.6. The average molecular weight is 497 g/mol. The molecule has 0 fully saturated rings. The Morgan fingerprint density at radius 2 is 1.46 bits per heavy atom. The van der Waals surface area contributed by atoms with Crippen molar-refractivity contribution >= 4 is 5.97 Å². The normalized spacial score (nSPS) is 12.0. The first-order valence-electron chi connectivity index (χ1n) is 12.5. The van der Waals surface area contributed by atoms with Crippen LogP contribution in [0.5, 0.6) is 5.75 Å². The Morgan fingerprint density at radius 3 is 2.05 bits per heavy atom. The monoisotopic (exact) mass is 496 g/mol. The molecule has 4 aromatic carbocycles. The largest absolute Gasteiger partial charge is 0.423 e. The molecule has 0 aliphatic carbocycles. The van der Waals surface area contributed by atoms with E-state index in [2.05, 4.69) is 55.5 Å². The molecule has 0 saturated heterocycles. The second-order valence-electron chi connectivity index (χ2n) is 9.15. The van der Waals surface area contributed by atoms with E-state index in [1.807, 2.05) is 37.3 Å². The van der Waals surface area contributed by atoms with Gasteiger partial charge in [0.25, 0.3) is 0 Å². The van der Waals surface area contributed by atoms with Gasteiger partial charge in [-0.25, -0.2) is 13.6 Å². The molecule has 2 nitrogen and oxygen atoms in total. The summed E-state index contributed by atoms with van der Waals surface area (Å²) >= 11 is 0. The fourth-order valence-corrected chi connectivity index (χ4v) is 4.32. The second-order valence-corrected chi connectivity index (χ2v) is 9.15. The molecule has 0 saturated carbocycles. The molecule has 1 atom stereocenters. The lowest BCUT2D eigenvalue weighted by Gasteiger charge is -2.12. The molecule has 0 radical (unpaired) electrons. The third-order valence-electron chi connectivity index (χ3n) is 6.44. The number of benzene rings is 4. The van der Waals surface area contributed by atoms with Crippen molar-refractivity contribution in [2.24, 2.45) is 0 Å². The zero-order valence-corrected chi connectivity index (χ0v) is 21.1. The summed E-state index contributed by atoms with van der Waals surface area (Å²) in [5.74, 6) is -1.83. The summed E-state index contributed by atoms with van der Waals surface area (Å²) in [6.45, 7) is 4.08. The van der Waals surface area contributed by atoms with Gasteiger partial charge in [0.05, 0.1) is 5.56 Å². The van der Waals surface area contributed by atoms with Crippen LogP contribution in [0.1, 0.15) is 53.2 Å². The van der Waals surface area contributed by atoms with Crippen LogP contribution in [0.4, 0.5) is 8.78 Å². The van der Waals surface area contributed by atoms with Gasteiger partial charge >= 0.3 is 5.97 Å². The predicted octanol–water partition coefficient (Wildman–Crippen LogP) is 8.71. The zero-order chi connectivity index (χ0) is 26.2. The van der Waals surface area contributed by atoms with E-state index in [0.29, 0.717) is 17.9 Å². The lowest BCUT2D eigenvalue weighted by atomic mass is 9.93. The number of hydrogen-bond donors (Lipinski definition) is 0. The molecule has 0 amide bonds. The van der Waals surface area contributed by atoms with E-state index in [1.165, 1.54) is 11.1 Å². The van der Waals surface area contributed by atoms with Gasteiger partial charge in [-0.05, 0) is 66.5 Å². The number of esters is 1. The third kappa shape index (κ3) is 6.79. The highest BCUT2D eigenvalue weighted by molar-refractivity contribution is 5.91. The number of rotatable bonds is 9. The van der Waals surface area contributed by atoms with Crippen LogP contribution in [0.2, 0.25) is 0 Å². The minimum absolute atomic E-state index is 0.0113. The highest BCUT2D eigenvalue weighted by Crippen LogP contribution is 2.26. The minimum atomic E-state index is -0.718. The van der Waals surface area contributed by atoms with Crippen LogP contribution >= 0.6 is 0 Å². The van der Waals surface area contributed by atoms with Crippen LogP contribution in [-0.4, -0.2) is 5.97 Å². The maximum atomic E-state index is 14.4. The number of carbonyl (C=O) groups is 1. The van der Waals surface area contributed by atoms with E-state index in [0.717, 1.165) is 29.7 Å². The van der Waals surface area contributed by atoms with Crippen LogP contribution in [-0.2, 0) is 12.8 Å². The number of halogens is 2. The van der Waals surface area contributed by atoms with Crippen molar-refractivity contribution in [2.75, 3.05) is 0 Å². The maximum absolute atomic E-state index is 14.4. The first kappa shape index (κ1) is 26.0. The molecule has 4 heteroatoms. The van der Waals surface area contributed by atoms with Crippen LogP contribution < -0.4 is 4.74 Å². The first-order valence-corrected chi connectivity index (χ1v) is 12.5. The van der Waals surface area contributed by atoms with Crippen LogP contribution in [0.15, 0.2) is 103 Å². The Hall–Kier alpha value is -4.05. The topological polar surface area (TPSA) is 26.3 Å². The van der Waals surface area contributed by atoms with Gasteiger partial charge in [-0.1, -0.05) is 85.8 Å². The number of allylic oxidation sites excluding steroid dienone is 2. The summed E-state index contributed by atoms with van der Waals surface area (Å²) in [5.41, 5.74) is 4.86. The quantitative estimate of drug-likeness (QED) is 0.132. The van der Waals surface area contributed by atoms with Gasteiger partial charge in [0.1, 0.15) is 17.4 Å². The zero-order valence-electron chi connectivity index (χ0n) is 21.1. The van der Waals surface area contributed by atoms with Crippen molar-refractivity contribution in [3.63, 3.8) is 0 Å². The first-order chi connectivity index (χ1) is 17.9. The number of carbonyl (C=O) groups excluding carboxylic acids is 1. The van der Waals surface area contributed by atoms with E-state index in [4.69, 9.17) is 4.74 Å². The fraction of sp³-hybridized carbons (Fsp3) is 0.182. The molecule has 37 heavy (non-hydrogen) atoms. The van der Waals surface area contributed by atoms with Gasteiger partial charge in [-0.3, -0.25) is 0 Å². The van der Waals surface area contributed by atoms with Crippen LogP contribution in [0.25, 0.3) is 11.1 Å². The van der Waals surface area contributed by atoms with E-state index in [1.54, 1.807) is 12.1 Å². The summed E-state index contributed by atoms with van der Waals surface area (Å²) in [7, 11) is 0. The molecular formula is C33H30F2O2. The number of ether oxygens (including phenoxy) is 1. The molecule has 0 N–H and O–H groups in total. The van der Waals surface area contributed by atoms with E-state index >= 15 is 0 Å². The maximum Gasteiger partial charge on any atom is 0.343 e. The van der Waals surface area contributed by atoms with E-state index in [-0.39, 0.29) is 17.7 Å². The summed E-state index contributed by atoms with van der Waals surface area (Å²) in [5, 5.41) is 0. The van der Waals surface area contributed by atoms with Gasteiger partial charge in [0, 0.05) is 17.7 Å². The lowest BCUT2D eigenvalue weighted by molar-refractivity contribution is 0.0734. The Morgan fingerprint density at radius 1 is 0.865 bits per heavy atom. The standard InChI is InChI=1S/C33H30F2O2/c1-3-4-6-11-30-31(34)21-29(22-32(30)35)37-33(36)28-18-16-27(17-19-28)26-14-12-24(13-15-26)20-23(2)25-9-7-5-8-10-25/h3-5,7-10,12-19,21-23H,6,11,20H2,1-2H3/t23-/m1/s1. The van der Waals surface area contributed by atoms with Crippen molar-refractivity contribution < 1.29 is 18.3 Å². The van der Waals surface area contributed by atoms with Crippen LogP contribution in [0.3, 0.4) is 0 Å². The van der Waals surface area contributed by atoms with Gasteiger partial charge in [-0.15, -0.1) is 0 Å². The number of hydrogen-bond acceptors (Lipinski definition) is 2. The molecule has 0 heterocycles. The molecule has 0 bridgehead atoms.